The largest absolute Gasteiger partial charge is 0.508 e. The normalized spacial score (nSPS) is 14.0. The SMILES string of the molecule is O=C(Nc1ccc(O)c(F)c1)N1CCCCc2cc(O)ccc21. The summed E-state index contributed by atoms with van der Waals surface area (Å²) in [7, 11) is 0. The first-order valence-corrected chi connectivity index (χ1v) is 7.43. The summed E-state index contributed by atoms with van der Waals surface area (Å²) in [5.41, 5.74) is 1.93. The standard InChI is InChI=1S/C17H17FN2O3/c18-14-10-12(4-7-16(14)22)19-17(23)20-8-2-1-3-11-9-13(21)5-6-15(11)20/h4-7,9-10,21-22H,1-3,8H2,(H,19,23). The number of hydrogen-bond acceptors (Lipinski definition) is 3. The molecule has 0 saturated carbocycles. The molecule has 0 aromatic heterocycles. The molecule has 2 aromatic rings. The Morgan fingerprint density at radius 2 is 1.96 bits per heavy atom. The van der Waals surface area contributed by atoms with Gasteiger partial charge in [-0.3, -0.25) is 4.90 Å². The smallest absolute Gasteiger partial charge is 0.326 e. The molecule has 0 unspecified atom stereocenters. The number of anilines is 2. The number of aromatic hydroxyl groups is 2. The van der Waals surface area contributed by atoms with Crippen LogP contribution in [0.5, 0.6) is 11.5 Å². The Kier molecular flexibility index (Phi) is 4.06. The van der Waals surface area contributed by atoms with Crippen LogP contribution in [0.1, 0.15) is 18.4 Å². The summed E-state index contributed by atoms with van der Waals surface area (Å²) in [4.78, 5) is 14.1. The molecule has 0 atom stereocenters. The Balaban J connectivity index is 1.85. The van der Waals surface area contributed by atoms with Crippen molar-refractivity contribution in [1.29, 1.82) is 0 Å². The molecule has 2 amide bonds. The molecule has 0 bridgehead atoms. The molecule has 0 spiro atoms. The third kappa shape index (κ3) is 3.21. The molecule has 0 fully saturated rings. The van der Waals surface area contributed by atoms with Crippen LogP contribution < -0.4 is 10.2 Å². The van der Waals surface area contributed by atoms with Crippen molar-refractivity contribution in [2.24, 2.45) is 0 Å². The van der Waals surface area contributed by atoms with Gasteiger partial charge in [-0.15, -0.1) is 0 Å². The Morgan fingerprint density at radius 1 is 1.13 bits per heavy atom. The molecule has 2 aromatic carbocycles. The summed E-state index contributed by atoms with van der Waals surface area (Å²) < 4.78 is 13.4. The van der Waals surface area contributed by atoms with E-state index in [2.05, 4.69) is 5.32 Å². The molecule has 3 rings (SSSR count). The van der Waals surface area contributed by atoms with Gasteiger partial charge in [0.25, 0.3) is 0 Å². The summed E-state index contributed by atoms with van der Waals surface area (Å²) in [5, 5.41) is 21.4. The van der Waals surface area contributed by atoms with E-state index in [1.54, 1.807) is 23.1 Å². The average molecular weight is 316 g/mol. The molecule has 0 saturated heterocycles. The van der Waals surface area contributed by atoms with Crippen molar-refractivity contribution in [2.45, 2.75) is 19.3 Å². The third-order valence-corrected chi connectivity index (χ3v) is 3.88. The molecular formula is C17H17FN2O3. The number of rotatable bonds is 1. The Labute approximate surface area is 133 Å². The third-order valence-electron chi connectivity index (χ3n) is 3.88. The molecule has 1 aliphatic heterocycles. The van der Waals surface area contributed by atoms with Gasteiger partial charge in [0.15, 0.2) is 11.6 Å². The number of halogens is 1. The first-order valence-electron chi connectivity index (χ1n) is 7.43. The van der Waals surface area contributed by atoms with Crippen LogP contribution in [0.25, 0.3) is 0 Å². The van der Waals surface area contributed by atoms with Gasteiger partial charge in [-0.25, -0.2) is 9.18 Å². The molecule has 5 nitrogen and oxygen atoms in total. The fourth-order valence-electron chi connectivity index (χ4n) is 2.73. The highest BCUT2D eigenvalue weighted by Crippen LogP contribution is 2.30. The van der Waals surface area contributed by atoms with Crippen LogP contribution in [0.2, 0.25) is 0 Å². The van der Waals surface area contributed by atoms with Crippen LogP contribution in [0.3, 0.4) is 0 Å². The maximum atomic E-state index is 13.4. The number of amides is 2. The number of carbonyl (C=O) groups is 1. The summed E-state index contributed by atoms with van der Waals surface area (Å²) >= 11 is 0. The van der Waals surface area contributed by atoms with Gasteiger partial charge in [0.1, 0.15) is 5.75 Å². The van der Waals surface area contributed by atoms with Crippen LogP contribution in [-0.4, -0.2) is 22.8 Å². The molecule has 1 aliphatic rings. The second kappa shape index (κ2) is 6.16. The fraction of sp³-hybridized carbons (Fsp3) is 0.235. The maximum absolute atomic E-state index is 13.4. The first kappa shape index (κ1) is 15.1. The topological polar surface area (TPSA) is 72.8 Å². The molecule has 3 N–H and O–H groups in total. The van der Waals surface area contributed by atoms with E-state index in [1.807, 2.05) is 0 Å². The minimum absolute atomic E-state index is 0.173. The first-order chi connectivity index (χ1) is 11.0. The van der Waals surface area contributed by atoms with Gasteiger partial charge in [-0.1, -0.05) is 0 Å². The van der Waals surface area contributed by atoms with Crippen LogP contribution in [0.4, 0.5) is 20.6 Å². The van der Waals surface area contributed by atoms with E-state index in [-0.39, 0.29) is 17.5 Å². The Hall–Kier alpha value is -2.76. The highest BCUT2D eigenvalue weighted by atomic mass is 19.1. The maximum Gasteiger partial charge on any atom is 0.326 e. The van der Waals surface area contributed by atoms with E-state index in [9.17, 15) is 19.4 Å². The van der Waals surface area contributed by atoms with Crippen molar-refractivity contribution in [1.82, 2.24) is 0 Å². The molecule has 0 aliphatic carbocycles. The summed E-state index contributed by atoms with van der Waals surface area (Å²) in [6.07, 6.45) is 2.56. The number of phenolic OH excluding ortho intramolecular Hbond substituents is 2. The van der Waals surface area contributed by atoms with E-state index >= 15 is 0 Å². The number of phenols is 2. The average Bonchev–Trinajstić information content (AvgIpc) is 2.72. The quantitative estimate of drug-likeness (QED) is 0.704. The predicted octanol–water partition coefficient (Wildman–Crippen LogP) is 3.61. The fourth-order valence-corrected chi connectivity index (χ4v) is 2.73. The van der Waals surface area contributed by atoms with Crippen molar-refractivity contribution in [3.63, 3.8) is 0 Å². The van der Waals surface area contributed by atoms with E-state index in [0.717, 1.165) is 36.6 Å². The minimum atomic E-state index is -0.788. The monoisotopic (exact) mass is 316 g/mol. The number of nitrogens with one attached hydrogen (secondary N) is 1. The van der Waals surface area contributed by atoms with Crippen LogP contribution in [-0.2, 0) is 6.42 Å². The van der Waals surface area contributed by atoms with E-state index in [4.69, 9.17) is 0 Å². The van der Waals surface area contributed by atoms with Gasteiger partial charge < -0.3 is 15.5 Å². The van der Waals surface area contributed by atoms with Gasteiger partial charge in [0.2, 0.25) is 0 Å². The molecular weight excluding hydrogens is 299 g/mol. The number of carbonyl (C=O) groups excluding carboxylic acids is 1. The van der Waals surface area contributed by atoms with Gasteiger partial charge >= 0.3 is 6.03 Å². The van der Waals surface area contributed by atoms with Crippen molar-refractivity contribution >= 4 is 17.4 Å². The number of urea groups is 1. The predicted molar refractivity (Wildman–Crippen MR) is 85.5 cm³/mol. The number of hydrogen-bond donors (Lipinski definition) is 3. The van der Waals surface area contributed by atoms with Crippen LogP contribution in [0, 0.1) is 5.82 Å². The number of nitrogens with zero attached hydrogens (tertiary/aromatic N) is 1. The lowest BCUT2D eigenvalue weighted by Crippen LogP contribution is -2.35. The van der Waals surface area contributed by atoms with Gasteiger partial charge in [0.05, 0.1) is 0 Å². The molecule has 120 valence electrons. The van der Waals surface area contributed by atoms with Crippen molar-refractivity contribution < 1.29 is 19.4 Å². The molecule has 23 heavy (non-hydrogen) atoms. The van der Waals surface area contributed by atoms with E-state index < -0.39 is 11.6 Å². The lowest BCUT2D eigenvalue weighted by atomic mass is 10.1. The van der Waals surface area contributed by atoms with Gasteiger partial charge in [-0.05, 0) is 55.2 Å². The number of aryl methyl sites for hydroxylation is 1. The number of fused-ring (bicyclic) bond motifs is 1. The lowest BCUT2D eigenvalue weighted by molar-refractivity contribution is 0.257. The zero-order valence-corrected chi connectivity index (χ0v) is 12.4. The van der Waals surface area contributed by atoms with Crippen molar-refractivity contribution in [3.05, 3.63) is 47.8 Å². The Bertz CT molecular complexity index is 749. The van der Waals surface area contributed by atoms with Crippen molar-refractivity contribution in [2.75, 3.05) is 16.8 Å². The molecule has 1 heterocycles. The highest BCUT2D eigenvalue weighted by molar-refractivity contribution is 6.02. The zero-order chi connectivity index (χ0) is 16.4. The van der Waals surface area contributed by atoms with Gasteiger partial charge in [-0.2, -0.15) is 0 Å². The second-order valence-corrected chi connectivity index (χ2v) is 5.52. The van der Waals surface area contributed by atoms with E-state index in [0.29, 0.717) is 6.54 Å². The van der Waals surface area contributed by atoms with Crippen LogP contribution in [0.15, 0.2) is 36.4 Å². The summed E-state index contributed by atoms with van der Waals surface area (Å²) in [6.45, 7) is 0.546. The molecule has 6 heteroatoms. The summed E-state index contributed by atoms with van der Waals surface area (Å²) in [6, 6.07) is 8.26. The van der Waals surface area contributed by atoms with E-state index in [1.165, 1.54) is 12.1 Å². The molecule has 0 radical (unpaired) electrons. The summed E-state index contributed by atoms with van der Waals surface area (Å²) in [5.74, 6) is -1.07. The zero-order valence-electron chi connectivity index (χ0n) is 12.4. The second-order valence-electron chi connectivity index (χ2n) is 5.52. The number of benzene rings is 2. The van der Waals surface area contributed by atoms with Crippen LogP contribution >= 0.6 is 0 Å². The van der Waals surface area contributed by atoms with Crippen molar-refractivity contribution in [3.8, 4) is 11.5 Å². The van der Waals surface area contributed by atoms with Gasteiger partial charge in [0, 0.05) is 24.0 Å². The Morgan fingerprint density at radius 3 is 2.74 bits per heavy atom. The highest BCUT2D eigenvalue weighted by Gasteiger charge is 2.21. The lowest BCUT2D eigenvalue weighted by Gasteiger charge is -2.23. The minimum Gasteiger partial charge on any atom is -0.508 e.